The third-order valence-corrected chi connectivity index (χ3v) is 4.58. The highest BCUT2D eigenvalue weighted by Crippen LogP contribution is 2.20. The van der Waals surface area contributed by atoms with Crippen LogP contribution in [0.1, 0.15) is 6.42 Å². The minimum atomic E-state index is -0.397. The molecule has 7 nitrogen and oxygen atoms in total. The van der Waals surface area contributed by atoms with Crippen LogP contribution in [0, 0.1) is 0 Å². The zero-order valence-electron chi connectivity index (χ0n) is 14.0. The minimum Gasteiger partial charge on any atom is -0.497 e. The van der Waals surface area contributed by atoms with E-state index >= 15 is 0 Å². The first-order valence-corrected chi connectivity index (χ1v) is 8.35. The second kappa shape index (κ2) is 7.53. The molecule has 1 unspecified atom stereocenters. The first kappa shape index (κ1) is 16.6. The molecule has 130 valence electrons. The number of nitrogens with zero attached hydrogens (tertiary/aromatic N) is 2. The number of rotatable bonds is 4. The monoisotopic (exact) mass is 332 g/mol. The molecule has 0 aliphatic carbocycles. The van der Waals surface area contributed by atoms with Gasteiger partial charge in [-0.1, -0.05) is 0 Å². The summed E-state index contributed by atoms with van der Waals surface area (Å²) in [5.41, 5.74) is 1.14. The lowest BCUT2D eigenvalue weighted by Crippen LogP contribution is -2.56. The van der Waals surface area contributed by atoms with E-state index in [9.17, 15) is 9.59 Å². The quantitative estimate of drug-likeness (QED) is 0.800. The zero-order chi connectivity index (χ0) is 16.9. The third-order valence-electron chi connectivity index (χ3n) is 4.58. The van der Waals surface area contributed by atoms with E-state index in [2.05, 4.69) is 15.5 Å². The van der Waals surface area contributed by atoms with E-state index in [0.717, 1.165) is 31.1 Å². The Bertz CT molecular complexity index is 582. The van der Waals surface area contributed by atoms with Crippen molar-refractivity contribution >= 4 is 17.5 Å². The van der Waals surface area contributed by atoms with Crippen molar-refractivity contribution in [1.82, 2.24) is 15.5 Å². The van der Waals surface area contributed by atoms with Crippen LogP contribution in [-0.2, 0) is 9.59 Å². The van der Waals surface area contributed by atoms with Gasteiger partial charge in [-0.05, 0) is 24.3 Å². The van der Waals surface area contributed by atoms with Crippen molar-refractivity contribution in [3.8, 4) is 5.75 Å². The van der Waals surface area contributed by atoms with Crippen molar-refractivity contribution in [3.05, 3.63) is 24.3 Å². The Labute approximate surface area is 141 Å². The number of carbonyl (C=O) groups is 2. The number of methoxy groups -OCH3 is 1. The van der Waals surface area contributed by atoms with Gasteiger partial charge in [-0.25, -0.2) is 0 Å². The molecule has 2 amide bonds. The van der Waals surface area contributed by atoms with E-state index in [1.807, 2.05) is 29.2 Å². The Morgan fingerprint density at radius 3 is 2.50 bits per heavy atom. The molecule has 1 aromatic rings. The van der Waals surface area contributed by atoms with Gasteiger partial charge in [0, 0.05) is 45.0 Å². The standard InChI is InChI=1S/C17H24N4O3/c1-24-14-4-2-13(3-5-14)20-8-10-21(11-9-20)16(22)12-15-17(23)19-7-6-18-15/h2-5,15,18H,6-12H2,1H3,(H,19,23). The van der Waals surface area contributed by atoms with Crippen molar-refractivity contribution in [2.24, 2.45) is 0 Å². The number of ether oxygens (including phenoxy) is 1. The molecule has 7 heteroatoms. The number of nitrogens with one attached hydrogen (secondary N) is 2. The summed E-state index contributed by atoms with van der Waals surface area (Å²) in [6, 6.07) is 7.56. The lowest BCUT2D eigenvalue weighted by atomic mass is 10.1. The second-order valence-electron chi connectivity index (χ2n) is 6.07. The smallest absolute Gasteiger partial charge is 0.237 e. The molecule has 1 atom stereocenters. The predicted molar refractivity (Wildman–Crippen MR) is 91.2 cm³/mol. The molecule has 24 heavy (non-hydrogen) atoms. The van der Waals surface area contributed by atoms with Gasteiger partial charge in [0.15, 0.2) is 0 Å². The number of hydrogen-bond acceptors (Lipinski definition) is 5. The molecule has 2 saturated heterocycles. The van der Waals surface area contributed by atoms with Crippen molar-refractivity contribution < 1.29 is 14.3 Å². The van der Waals surface area contributed by atoms with Gasteiger partial charge in [0.1, 0.15) is 5.75 Å². The Morgan fingerprint density at radius 1 is 1.17 bits per heavy atom. The summed E-state index contributed by atoms with van der Waals surface area (Å²) in [6.45, 7) is 4.29. The van der Waals surface area contributed by atoms with Gasteiger partial charge < -0.3 is 25.2 Å². The summed E-state index contributed by atoms with van der Waals surface area (Å²) in [4.78, 5) is 28.3. The third kappa shape index (κ3) is 3.79. The van der Waals surface area contributed by atoms with Gasteiger partial charge in [-0.15, -0.1) is 0 Å². The summed E-state index contributed by atoms with van der Waals surface area (Å²) in [5, 5.41) is 5.89. The summed E-state index contributed by atoms with van der Waals surface area (Å²) < 4.78 is 5.18. The minimum absolute atomic E-state index is 0.0407. The van der Waals surface area contributed by atoms with Gasteiger partial charge in [-0.3, -0.25) is 9.59 Å². The van der Waals surface area contributed by atoms with Crippen molar-refractivity contribution in [2.75, 3.05) is 51.3 Å². The summed E-state index contributed by atoms with van der Waals surface area (Å²) in [7, 11) is 1.65. The Morgan fingerprint density at radius 2 is 1.88 bits per heavy atom. The summed E-state index contributed by atoms with van der Waals surface area (Å²) in [5.74, 6) is 0.802. The molecule has 1 aromatic carbocycles. The number of benzene rings is 1. The van der Waals surface area contributed by atoms with Crippen LogP contribution < -0.4 is 20.3 Å². The highest BCUT2D eigenvalue weighted by Gasteiger charge is 2.28. The number of anilines is 1. The van der Waals surface area contributed by atoms with Crippen LogP contribution >= 0.6 is 0 Å². The number of hydrogen-bond donors (Lipinski definition) is 2. The molecular formula is C17H24N4O3. The Kier molecular flexibility index (Phi) is 5.20. The lowest BCUT2D eigenvalue weighted by molar-refractivity contribution is -0.135. The van der Waals surface area contributed by atoms with Crippen LogP contribution in [0.2, 0.25) is 0 Å². The predicted octanol–water partition coefficient (Wildman–Crippen LogP) is -0.178. The van der Waals surface area contributed by atoms with Crippen LogP contribution in [0.25, 0.3) is 0 Å². The highest BCUT2D eigenvalue weighted by molar-refractivity contribution is 5.88. The molecule has 2 N–H and O–H groups in total. The Balaban J connectivity index is 1.50. The van der Waals surface area contributed by atoms with Crippen LogP contribution in [0.15, 0.2) is 24.3 Å². The zero-order valence-corrected chi connectivity index (χ0v) is 14.0. The molecule has 2 heterocycles. The molecule has 0 spiro atoms. The molecule has 2 aliphatic rings. The lowest BCUT2D eigenvalue weighted by Gasteiger charge is -2.37. The van der Waals surface area contributed by atoms with E-state index in [0.29, 0.717) is 19.6 Å². The van der Waals surface area contributed by atoms with Gasteiger partial charge in [0.2, 0.25) is 11.8 Å². The van der Waals surface area contributed by atoms with E-state index in [-0.39, 0.29) is 18.2 Å². The maximum Gasteiger partial charge on any atom is 0.237 e. The maximum absolute atomic E-state index is 12.4. The molecule has 2 fully saturated rings. The SMILES string of the molecule is COc1ccc(N2CCN(C(=O)CC3NCCNC3=O)CC2)cc1. The molecular weight excluding hydrogens is 308 g/mol. The second-order valence-corrected chi connectivity index (χ2v) is 6.07. The summed E-state index contributed by atoms with van der Waals surface area (Å²) >= 11 is 0. The van der Waals surface area contributed by atoms with Crippen LogP contribution in [0.4, 0.5) is 5.69 Å². The van der Waals surface area contributed by atoms with Gasteiger partial charge >= 0.3 is 0 Å². The van der Waals surface area contributed by atoms with Crippen LogP contribution in [0.3, 0.4) is 0 Å². The topological polar surface area (TPSA) is 73.9 Å². The fraction of sp³-hybridized carbons (Fsp3) is 0.529. The van der Waals surface area contributed by atoms with Crippen molar-refractivity contribution in [2.45, 2.75) is 12.5 Å². The number of piperazine rings is 2. The van der Waals surface area contributed by atoms with E-state index in [1.54, 1.807) is 7.11 Å². The van der Waals surface area contributed by atoms with Crippen LogP contribution in [0.5, 0.6) is 5.75 Å². The van der Waals surface area contributed by atoms with Crippen molar-refractivity contribution in [3.63, 3.8) is 0 Å². The average Bonchev–Trinajstić information content (AvgIpc) is 2.64. The van der Waals surface area contributed by atoms with Crippen molar-refractivity contribution in [1.29, 1.82) is 0 Å². The first-order chi connectivity index (χ1) is 11.7. The molecule has 2 aliphatic heterocycles. The van der Waals surface area contributed by atoms with E-state index in [1.165, 1.54) is 0 Å². The Hall–Kier alpha value is -2.28. The number of carbonyl (C=O) groups excluding carboxylic acids is 2. The summed E-state index contributed by atoms with van der Waals surface area (Å²) in [6.07, 6.45) is 0.231. The van der Waals surface area contributed by atoms with Crippen LogP contribution in [-0.4, -0.2) is 69.1 Å². The normalized spacial score (nSPS) is 21.4. The van der Waals surface area contributed by atoms with E-state index in [4.69, 9.17) is 4.74 Å². The van der Waals surface area contributed by atoms with E-state index < -0.39 is 6.04 Å². The van der Waals surface area contributed by atoms with Gasteiger partial charge in [0.05, 0.1) is 19.6 Å². The maximum atomic E-state index is 12.4. The molecule has 0 aromatic heterocycles. The molecule has 3 rings (SSSR count). The fourth-order valence-corrected chi connectivity index (χ4v) is 3.12. The first-order valence-electron chi connectivity index (χ1n) is 8.35. The molecule has 0 saturated carbocycles. The average molecular weight is 332 g/mol. The molecule has 0 bridgehead atoms. The van der Waals surface area contributed by atoms with Gasteiger partial charge in [0.25, 0.3) is 0 Å². The largest absolute Gasteiger partial charge is 0.497 e. The van der Waals surface area contributed by atoms with Gasteiger partial charge in [-0.2, -0.15) is 0 Å². The molecule has 0 radical (unpaired) electrons. The highest BCUT2D eigenvalue weighted by atomic mass is 16.5. The number of amides is 2. The fourth-order valence-electron chi connectivity index (χ4n) is 3.12.